The Kier molecular flexibility index (Phi) is 3.51. The van der Waals surface area contributed by atoms with E-state index in [4.69, 9.17) is 4.74 Å². The average Bonchev–Trinajstić information content (AvgIpc) is 3.24. The first-order valence-corrected chi connectivity index (χ1v) is 7.41. The largest absolute Gasteiger partial charge is 0.508 e. The molecule has 0 radical (unpaired) electrons. The Morgan fingerprint density at radius 1 is 1.30 bits per heavy atom. The molecule has 106 valence electrons. The Morgan fingerprint density at radius 3 is 2.60 bits per heavy atom. The van der Waals surface area contributed by atoms with Crippen molar-refractivity contribution >= 4 is 5.97 Å². The van der Waals surface area contributed by atoms with Crippen LogP contribution in [0, 0.1) is 5.92 Å². The topological polar surface area (TPSA) is 46.5 Å². The molecule has 1 fully saturated rings. The third-order valence-electron chi connectivity index (χ3n) is 4.16. The molecule has 1 aromatic rings. The minimum absolute atomic E-state index is 0.00874. The molecule has 0 saturated heterocycles. The minimum atomic E-state index is -0.438. The number of carbonyl (C=O) groups excluding carboxylic acids is 1. The fourth-order valence-corrected chi connectivity index (χ4v) is 3.04. The second-order valence-corrected chi connectivity index (χ2v) is 5.71. The van der Waals surface area contributed by atoms with Crippen LogP contribution in [0.5, 0.6) is 0 Å². The molecule has 0 amide bonds. The number of rotatable bonds is 5. The highest BCUT2D eigenvalue weighted by Crippen LogP contribution is 2.49. The molecule has 2 aliphatic rings. The number of ether oxygens (including phenoxy) is 1. The van der Waals surface area contributed by atoms with Crippen LogP contribution in [0.3, 0.4) is 0 Å². The molecule has 3 nitrogen and oxygen atoms in total. The van der Waals surface area contributed by atoms with Crippen LogP contribution in [0.4, 0.5) is 0 Å². The van der Waals surface area contributed by atoms with E-state index in [1.807, 2.05) is 37.3 Å². The molecule has 0 bridgehead atoms. The van der Waals surface area contributed by atoms with Gasteiger partial charge >= 0.3 is 5.97 Å². The van der Waals surface area contributed by atoms with Gasteiger partial charge in [-0.15, -0.1) is 0 Å². The summed E-state index contributed by atoms with van der Waals surface area (Å²) in [7, 11) is 0. The average molecular weight is 272 g/mol. The SMILES string of the molecule is CCCC1OC(=O)C(C(c2ccccc2)C2CC2)=C1O. The van der Waals surface area contributed by atoms with Crippen molar-refractivity contribution in [1.29, 1.82) is 0 Å². The van der Waals surface area contributed by atoms with Crippen molar-refractivity contribution in [3.8, 4) is 0 Å². The van der Waals surface area contributed by atoms with E-state index >= 15 is 0 Å². The summed E-state index contributed by atoms with van der Waals surface area (Å²) in [6.45, 7) is 2.02. The van der Waals surface area contributed by atoms with Crippen molar-refractivity contribution in [2.45, 2.75) is 44.6 Å². The number of aliphatic hydroxyl groups is 1. The highest BCUT2D eigenvalue weighted by atomic mass is 16.6. The quantitative estimate of drug-likeness (QED) is 0.831. The second kappa shape index (κ2) is 5.31. The van der Waals surface area contributed by atoms with Crippen LogP contribution in [0.15, 0.2) is 41.7 Å². The zero-order valence-corrected chi connectivity index (χ0v) is 11.7. The molecule has 1 aromatic carbocycles. The Morgan fingerprint density at radius 2 is 2.00 bits per heavy atom. The third kappa shape index (κ3) is 2.33. The lowest BCUT2D eigenvalue weighted by atomic mass is 9.86. The van der Waals surface area contributed by atoms with Crippen molar-refractivity contribution in [2.75, 3.05) is 0 Å². The fraction of sp³-hybridized carbons (Fsp3) is 0.471. The van der Waals surface area contributed by atoms with Crippen LogP contribution in [0.2, 0.25) is 0 Å². The van der Waals surface area contributed by atoms with E-state index < -0.39 is 6.10 Å². The predicted octanol–water partition coefficient (Wildman–Crippen LogP) is 3.72. The zero-order valence-electron chi connectivity index (χ0n) is 11.7. The van der Waals surface area contributed by atoms with E-state index in [-0.39, 0.29) is 17.6 Å². The van der Waals surface area contributed by atoms with Gasteiger partial charge in [0.1, 0.15) is 5.76 Å². The number of benzene rings is 1. The van der Waals surface area contributed by atoms with Crippen LogP contribution < -0.4 is 0 Å². The Bertz CT molecular complexity index is 528. The third-order valence-corrected chi connectivity index (χ3v) is 4.16. The predicted molar refractivity (Wildman–Crippen MR) is 76.3 cm³/mol. The van der Waals surface area contributed by atoms with Gasteiger partial charge in [-0.1, -0.05) is 43.7 Å². The summed E-state index contributed by atoms with van der Waals surface area (Å²) in [5.41, 5.74) is 1.60. The van der Waals surface area contributed by atoms with E-state index in [2.05, 4.69) is 0 Å². The molecule has 3 heteroatoms. The van der Waals surface area contributed by atoms with Gasteiger partial charge in [-0.25, -0.2) is 4.79 Å². The highest BCUT2D eigenvalue weighted by molar-refractivity contribution is 5.93. The number of cyclic esters (lactones) is 1. The summed E-state index contributed by atoms with van der Waals surface area (Å²) < 4.78 is 5.34. The maximum absolute atomic E-state index is 12.2. The zero-order chi connectivity index (χ0) is 14.1. The fourth-order valence-electron chi connectivity index (χ4n) is 3.04. The first kappa shape index (κ1) is 13.2. The monoisotopic (exact) mass is 272 g/mol. The lowest BCUT2D eigenvalue weighted by Crippen LogP contribution is -2.12. The highest BCUT2D eigenvalue weighted by Gasteiger charge is 2.44. The summed E-state index contributed by atoms with van der Waals surface area (Å²) in [5.74, 6) is 0.285. The Hall–Kier alpha value is -1.77. The van der Waals surface area contributed by atoms with Gasteiger partial charge < -0.3 is 9.84 Å². The van der Waals surface area contributed by atoms with Crippen molar-refractivity contribution in [1.82, 2.24) is 0 Å². The van der Waals surface area contributed by atoms with Crippen LogP contribution in [0.1, 0.15) is 44.1 Å². The van der Waals surface area contributed by atoms with Gasteiger partial charge in [-0.3, -0.25) is 0 Å². The Balaban J connectivity index is 1.97. The van der Waals surface area contributed by atoms with E-state index in [0.29, 0.717) is 17.9 Å². The van der Waals surface area contributed by atoms with Crippen LogP contribution in [-0.4, -0.2) is 17.2 Å². The van der Waals surface area contributed by atoms with Gasteiger partial charge in [0.2, 0.25) is 0 Å². The van der Waals surface area contributed by atoms with Gasteiger partial charge in [0.25, 0.3) is 0 Å². The van der Waals surface area contributed by atoms with Crippen molar-refractivity contribution in [3.63, 3.8) is 0 Å². The maximum Gasteiger partial charge on any atom is 0.338 e. The van der Waals surface area contributed by atoms with E-state index in [1.165, 1.54) is 0 Å². The number of hydrogen-bond donors (Lipinski definition) is 1. The number of hydrogen-bond acceptors (Lipinski definition) is 3. The molecular weight excluding hydrogens is 252 g/mol. The van der Waals surface area contributed by atoms with Crippen LogP contribution in [-0.2, 0) is 9.53 Å². The molecule has 3 rings (SSSR count). The number of esters is 1. The smallest absolute Gasteiger partial charge is 0.338 e. The van der Waals surface area contributed by atoms with Gasteiger partial charge in [0, 0.05) is 5.92 Å². The van der Waals surface area contributed by atoms with E-state index in [1.54, 1.807) is 0 Å². The van der Waals surface area contributed by atoms with E-state index in [0.717, 1.165) is 24.8 Å². The molecule has 2 unspecified atom stereocenters. The molecule has 1 aliphatic carbocycles. The molecule has 2 atom stereocenters. The van der Waals surface area contributed by atoms with Crippen molar-refractivity contribution in [2.24, 2.45) is 5.92 Å². The number of carbonyl (C=O) groups is 1. The van der Waals surface area contributed by atoms with Crippen molar-refractivity contribution < 1.29 is 14.6 Å². The molecule has 1 saturated carbocycles. The Labute approximate surface area is 119 Å². The molecule has 0 spiro atoms. The summed E-state index contributed by atoms with van der Waals surface area (Å²) in [5, 5.41) is 10.4. The molecule has 0 aromatic heterocycles. The summed E-state index contributed by atoms with van der Waals surface area (Å²) in [4.78, 5) is 12.2. The molecular formula is C17H20O3. The second-order valence-electron chi connectivity index (χ2n) is 5.71. The lowest BCUT2D eigenvalue weighted by Gasteiger charge is -2.16. The van der Waals surface area contributed by atoms with Gasteiger partial charge in [0.05, 0.1) is 5.57 Å². The van der Waals surface area contributed by atoms with Gasteiger partial charge in [0.15, 0.2) is 6.10 Å². The summed E-state index contributed by atoms with van der Waals surface area (Å²) in [6.07, 6.45) is 3.36. The van der Waals surface area contributed by atoms with E-state index in [9.17, 15) is 9.90 Å². The minimum Gasteiger partial charge on any atom is -0.508 e. The van der Waals surface area contributed by atoms with Crippen LogP contribution >= 0.6 is 0 Å². The summed E-state index contributed by atoms with van der Waals surface area (Å²) in [6, 6.07) is 9.99. The molecule has 1 N–H and O–H groups in total. The first-order valence-electron chi connectivity index (χ1n) is 7.41. The molecule has 1 aliphatic heterocycles. The summed E-state index contributed by atoms with van der Waals surface area (Å²) >= 11 is 0. The molecule has 20 heavy (non-hydrogen) atoms. The van der Waals surface area contributed by atoms with Gasteiger partial charge in [-0.05, 0) is 30.7 Å². The first-order chi connectivity index (χ1) is 9.72. The maximum atomic E-state index is 12.2. The normalized spacial score (nSPS) is 23.9. The molecule has 1 heterocycles. The lowest BCUT2D eigenvalue weighted by molar-refractivity contribution is -0.140. The van der Waals surface area contributed by atoms with Gasteiger partial charge in [-0.2, -0.15) is 0 Å². The standard InChI is InChI=1S/C17H20O3/c1-2-6-13-16(18)15(17(19)20-13)14(12-9-10-12)11-7-4-3-5-8-11/h3-5,7-8,12-14,18H,2,6,9-10H2,1H3. The van der Waals surface area contributed by atoms with Crippen molar-refractivity contribution in [3.05, 3.63) is 47.2 Å². The number of aliphatic hydroxyl groups excluding tert-OH is 1. The van der Waals surface area contributed by atoms with Crippen LogP contribution in [0.25, 0.3) is 0 Å².